The van der Waals surface area contributed by atoms with Gasteiger partial charge in [0.05, 0.1) is 21.2 Å². The van der Waals surface area contributed by atoms with Gasteiger partial charge in [0.2, 0.25) is 11.8 Å². The Morgan fingerprint density at radius 2 is 1.40 bits per heavy atom. The molecule has 0 saturated carbocycles. The van der Waals surface area contributed by atoms with E-state index in [-0.39, 0.29) is 22.9 Å². The number of nitrogens with zero attached hydrogens (tertiary/aromatic N) is 2. The lowest BCUT2D eigenvalue weighted by Crippen LogP contribution is -2.56. The molecule has 254 valence electrons. The lowest BCUT2D eigenvalue weighted by molar-refractivity contribution is -0.140. The number of hydrogen-bond donors (Lipinski definition) is 1. The number of hydrogen-bond acceptors (Lipinski definition) is 4. The Morgan fingerprint density at radius 3 is 1.96 bits per heavy atom. The predicted octanol–water partition coefficient (Wildman–Crippen LogP) is 7.76. The second-order valence-corrected chi connectivity index (χ2v) is 14.8. The monoisotopic (exact) mass is 719 g/mol. The van der Waals surface area contributed by atoms with Crippen LogP contribution in [0.15, 0.2) is 108 Å². The van der Waals surface area contributed by atoms with Crippen molar-refractivity contribution in [2.24, 2.45) is 0 Å². The molecule has 48 heavy (non-hydrogen) atoms. The third kappa shape index (κ3) is 9.52. The lowest BCUT2D eigenvalue weighted by atomic mass is 10.0. The van der Waals surface area contributed by atoms with E-state index in [2.05, 4.69) is 5.32 Å². The third-order valence-corrected chi connectivity index (χ3v) is 9.53. The van der Waals surface area contributed by atoms with Gasteiger partial charge in [-0.3, -0.25) is 13.9 Å². The maximum Gasteiger partial charge on any atom is 0.416 e. The minimum Gasteiger partial charge on any atom is -0.350 e. The van der Waals surface area contributed by atoms with Crippen LogP contribution in [-0.4, -0.2) is 43.3 Å². The van der Waals surface area contributed by atoms with E-state index in [1.54, 1.807) is 81.4 Å². The molecule has 0 aliphatic rings. The molecule has 0 aliphatic carbocycles. The van der Waals surface area contributed by atoms with Crippen LogP contribution in [0.1, 0.15) is 37.5 Å². The Kier molecular flexibility index (Phi) is 11.5. The number of carbonyl (C=O) groups excluding carboxylic acids is 2. The highest BCUT2D eigenvalue weighted by Crippen LogP contribution is 2.37. The molecule has 0 aromatic heterocycles. The number of rotatable bonds is 11. The van der Waals surface area contributed by atoms with Gasteiger partial charge in [-0.1, -0.05) is 83.9 Å². The molecule has 0 unspecified atom stereocenters. The highest BCUT2D eigenvalue weighted by Gasteiger charge is 2.38. The van der Waals surface area contributed by atoms with Gasteiger partial charge in [0, 0.05) is 23.5 Å². The van der Waals surface area contributed by atoms with E-state index in [1.807, 2.05) is 0 Å². The van der Waals surface area contributed by atoms with Crippen LogP contribution in [-0.2, 0) is 38.8 Å². The van der Waals surface area contributed by atoms with Gasteiger partial charge in [-0.05, 0) is 74.4 Å². The maximum atomic E-state index is 14.5. The van der Waals surface area contributed by atoms with Crippen molar-refractivity contribution in [3.05, 3.63) is 130 Å². The number of halogens is 5. The first-order valence-electron chi connectivity index (χ1n) is 14.8. The first kappa shape index (κ1) is 36.8. The molecule has 0 spiro atoms. The van der Waals surface area contributed by atoms with E-state index < -0.39 is 57.4 Å². The zero-order chi connectivity index (χ0) is 35.3. The molecule has 7 nitrogen and oxygen atoms in total. The number of amides is 2. The Morgan fingerprint density at radius 1 is 0.812 bits per heavy atom. The summed E-state index contributed by atoms with van der Waals surface area (Å²) in [5.41, 5.74) is -1.12. The molecule has 0 fully saturated rings. The molecule has 0 saturated heterocycles. The molecule has 0 radical (unpaired) electrons. The Balaban J connectivity index is 1.88. The summed E-state index contributed by atoms with van der Waals surface area (Å²) < 4.78 is 70.3. The Labute approximate surface area is 288 Å². The second kappa shape index (κ2) is 15.0. The minimum atomic E-state index is -4.84. The van der Waals surface area contributed by atoms with Crippen LogP contribution in [0.3, 0.4) is 0 Å². The standard InChI is InChI=1S/C35H34Cl2F3N3O4S/c1-34(2,3)41-33(45)31(20-24-10-6-4-7-11-24)42(22-25-14-17-27(36)18-15-25)32(44)23-43(48(46,47)28-12-8-5-9-13-28)30-21-26(35(38,39)40)16-19-29(30)37/h4-19,21,31H,20,22-23H2,1-3H3,(H,41,45)/t31-/m0/s1. The molecule has 1 N–H and O–H groups in total. The van der Waals surface area contributed by atoms with E-state index in [9.17, 15) is 31.2 Å². The molecule has 0 aliphatic heterocycles. The highest BCUT2D eigenvalue weighted by atomic mass is 35.5. The number of alkyl halides is 3. The largest absolute Gasteiger partial charge is 0.416 e. The summed E-state index contributed by atoms with van der Waals surface area (Å²) in [6.45, 7) is 4.21. The molecule has 4 aromatic rings. The minimum absolute atomic E-state index is 0.0534. The van der Waals surface area contributed by atoms with Crippen molar-refractivity contribution in [3.63, 3.8) is 0 Å². The smallest absolute Gasteiger partial charge is 0.350 e. The van der Waals surface area contributed by atoms with Gasteiger partial charge >= 0.3 is 6.18 Å². The van der Waals surface area contributed by atoms with Gasteiger partial charge < -0.3 is 10.2 Å². The third-order valence-electron chi connectivity index (χ3n) is 7.19. The van der Waals surface area contributed by atoms with E-state index in [1.165, 1.54) is 29.2 Å². The molecule has 0 heterocycles. The summed E-state index contributed by atoms with van der Waals surface area (Å²) in [5, 5.41) is 3.02. The highest BCUT2D eigenvalue weighted by molar-refractivity contribution is 7.92. The molecular weight excluding hydrogens is 686 g/mol. The van der Waals surface area contributed by atoms with Gasteiger partial charge in [-0.15, -0.1) is 0 Å². The fraction of sp³-hybridized carbons (Fsp3) is 0.257. The molecule has 4 rings (SSSR count). The van der Waals surface area contributed by atoms with Crippen LogP contribution >= 0.6 is 23.2 Å². The van der Waals surface area contributed by atoms with Gasteiger partial charge in [-0.25, -0.2) is 8.42 Å². The number of nitrogens with one attached hydrogen (secondary N) is 1. The molecule has 4 aromatic carbocycles. The van der Waals surface area contributed by atoms with Crippen LogP contribution in [0, 0.1) is 0 Å². The van der Waals surface area contributed by atoms with Crippen molar-refractivity contribution in [1.29, 1.82) is 0 Å². The summed E-state index contributed by atoms with van der Waals surface area (Å²) in [6, 6.07) is 23.5. The first-order valence-corrected chi connectivity index (χ1v) is 17.0. The zero-order valence-corrected chi connectivity index (χ0v) is 28.7. The quantitative estimate of drug-likeness (QED) is 0.172. The van der Waals surface area contributed by atoms with Gasteiger partial charge in [0.15, 0.2) is 0 Å². The van der Waals surface area contributed by atoms with Crippen LogP contribution in [0.2, 0.25) is 10.0 Å². The van der Waals surface area contributed by atoms with Crippen LogP contribution in [0.25, 0.3) is 0 Å². The molecule has 2 amide bonds. The van der Waals surface area contributed by atoms with E-state index in [4.69, 9.17) is 23.2 Å². The van der Waals surface area contributed by atoms with Crippen LogP contribution in [0.4, 0.5) is 18.9 Å². The Bertz CT molecular complexity index is 1840. The number of benzene rings is 4. The van der Waals surface area contributed by atoms with Crippen LogP contribution < -0.4 is 9.62 Å². The van der Waals surface area contributed by atoms with Gasteiger partial charge in [-0.2, -0.15) is 13.2 Å². The SMILES string of the molecule is CC(C)(C)NC(=O)[C@H](Cc1ccccc1)N(Cc1ccc(Cl)cc1)C(=O)CN(c1cc(C(F)(F)F)ccc1Cl)S(=O)(=O)c1ccccc1. The molecule has 13 heteroatoms. The fourth-order valence-electron chi connectivity index (χ4n) is 4.91. The van der Waals surface area contributed by atoms with Crippen molar-refractivity contribution >= 4 is 50.7 Å². The normalized spacial score (nSPS) is 12.7. The fourth-order valence-corrected chi connectivity index (χ4v) is 6.75. The molecule has 1 atom stereocenters. The van der Waals surface area contributed by atoms with Gasteiger partial charge in [0.1, 0.15) is 12.6 Å². The van der Waals surface area contributed by atoms with Crippen LogP contribution in [0.5, 0.6) is 0 Å². The van der Waals surface area contributed by atoms with Crippen molar-refractivity contribution < 1.29 is 31.2 Å². The van der Waals surface area contributed by atoms with Gasteiger partial charge in [0.25, 0.3) is 10.0 Å². The summed E-state index contributed by atoms with van der Waals surface area (Å²) >= 11 is 12.5. The maximum absolute atomic E-state index is 14.5. The topological polar surface area (TPSA) is 86.8 Å². The Hall–Kier alpha value is -4.06. The van der Waals surface area contributed by atoms with Crippen molar-refractivity contribution in [1.82, 2.24) is 10.2 Å². The second-order valence-electron chi connectivity index (χ2n) is 12.1. The zero-order valence-electron chi connectivity index (χ0n) is 26.3. The predicted molar refractivity (Wildman–Crippen MR) is 181 cm³/mol. The number of sulfonamides is 1. The van der Waals surface area contributed by atoms with E-state index >= 15 is 0 Å². The van der Waals surface area contributed by atoms with Crippen molar-refractivity contribution in [2.75, 3.05) is 10.8 Å². The summed E-state index contributed by atoms with van der Waals surface area (Å²) in [4.78, 5) is 29.4. The summed E-state index contributed by atoms with van der Waals surface area (Å²) in [5.74, 6) is -1.37. The molecule has 0 bridgehead atoms. The first-order chi connectivity index (χ1) is 22.5. The number of anilines is 1. The average Bonchev–Trinajstić information content (AvgIpc) is 3.02. The lowest BCUT2D eigenvalue weighted by Gasteiger charge is -2.35. The van der Waals surface area contributed by atoms with Crippen molar-refractivity contribution in [3.8, 4) is 0 Å². The summed E-state index contributed by atoms with van der Waals surface area (Å²) in [6.07, 6.45) is -4.78. The van der Waals surface area contributed by atoms with E-state index in [0.717, 1.165) is 17.7 Å². The number of carbonyl (C=O) groups is 2. The summed E-state index contributed by atoms with van der Waals surface area (Å²) in [7, 11) is -4.66. The van der Waals surface area contributed by atoms with E-state index in [0.29, 0.717) is 21.0 Å². The average molecular weight is 721 g/mol. The molecular formula is C35H34Cl2F3N3O4S. The van der Waals surface area contributed by atoms with Crippen molar-refractivity contribution in [2.45, 2.75) is 56.4 Å².